The van der Waals surface area contributed by atoms with E-state index in [1.807, 2.05) is 20.0 Å². The van der Waals surface area contributed by atoms with E-state index in [2.05, 4.69) is 41.5 Å². The highest BCUT2D eigenvalue weighted by atomic mass is 32.2. The van der Waals surface area contributed by atoms with Crippen molar-refractivity contribution >= 4 is 29.3 Å². The van der Waals surface area contributed by atoms with Crippen molar-refractivity contribution < 1.29 is 19.4 Å². The number of benzene rings is 2. The smallest absolute Gasteiger partial charge is 0.335 e. The van der Waals surface area contributed by atoms with E-state index in [0.717, 1.165) is 16.9 Å². The minimum Gasteiger partial charge on any atom is -0.485 e. The largest absolute Gasteiger partial charge is 0.485 e. The van der Waals surface area contributed by atoms with Gasteiger partial charge in [0, 0.05) is 12.7 Å². The molecule has 168 valence electrons. The fourth-order valence-electron chi connectivity index (χ4n) is 3.04. The van der Waals surface area contributed by atoms with Crippen molar-refractivity contribution in [3.63, 3.8) is 0 Å². The molecule has 0 unspecified atom stereocenters. The first-order valence-electron chi connectivity index (χ1n) is 10.1. The van der Waals surface area contributed by atoms with Crippen LogP contribution >= 0.6 is 11.8 Å². The predicted octanol–water partition coefficient (Wildman–Crippen LogP) is 4.25. The van der Waals surface area contributed by atoms with E-state index in [0.29, 0.717) is 22.6 Å². The van der Waals surface area contributed by atoms with E-state index in [1.165, 1.54) is 23.9 Å². The summed E-state index contributed by atoms with van der Waals surface area (Å²) in [7, 11) is 1.83. The Morgan fingerprint density at radius 1 is 1.19 bits per heavy atom. The summed E-state index contributed by atoms with van der Waals surface area (Å²) in [6.45, 7) is 6.54. The number of aromatic nitrogens is 3. The van der Waals surface area contributed by atoms with Gasteiger partial charge in [-0.2, -0.15) is 0 Å². The van der Waals surface area contributed by atoms with Crippen molar-refractivity contribution in [2.24, 2.45) is 7.05 Å². The zero-order chi connectivity index (χ0) is 23.3. The second-order valence-corrected chi connectivity index (χ2v) is 8.61. The summed E-state index contributed by atoms with van der Waals surface area (Å²) >= 11 is 1.24. The third-order valence-corrected chi connectivity index (χ3v) is 5.82. The lowest BCUT2D eigenvalue weighted by molar-refractivity contribution is -0.113. The van der Waals surface area contributed by atoms with Gasteiger partial charge < -0.3 is 19.7 Å². The van der Waals surface area contributed by atoms with Gasteiger partial charge in [0.15, 0.2) is 11.0 Å². The quantitative estimate of drug-likeness (QED) is 0.465. The number of nitrogens with one attached hydrogen (secondary N) is 1. The number of hydrogen-bond acceptors (Lipinski definition) is 6. The summed E-state index contributed by atoms with van der Waals surface area (Å²) in [5.74, 6) is 0.624. The molecule has 0 aliphatic heterocycles. The summed E-state index contributed by atoms with van der Waals surface area (Å²) < 4.78 is 7.83. The Hall–Kier alpha value is -3.33. The maximum Gasteiger partial charge on any atom is 0.335 e. The summed E-state index contributed by atoms with van der Waals surface area (Å²) in [4.78, 5) is 23.3. The van der Waals surface area contributed by atoms with Crippen LogP contribution < -0.4 is 10.1 Å². The molecule has 9 heteroatoms. The molecule has 2 N–H and O–H groups in total. The molecule has 0 saturated carbocycles. The third kappa shape index (κ3) is 5.88. The molecule has 3 aromatic rings. The van der Waals surface area contributed by atoms with Gasteiger partial charge in [-0.15, -0.1) is 10.2 Å². The lowest BCUT2D eigenvalue weighted by Crippen LogP contribution is -2.15. The number of carboxylic acids is 1. The van der Waals surface area contributed by atoms with Gasteiger partial charge in [-0.25, -0.2) is 4.79 Å². The van der Waals surface area contributed by atoms with Crippen LogP contribution in [0.2, 0.25) is 0 Å². The summed E-state index contributed by atoms with van der Waals surface area (Å²) in [6.07, 6.45) is 0. The number of carboxylic acid groups (broad SMARTS) is 1. The molecule has 0 saturated heterocycles. The summed E-state index contributed by atoms with van der Waals surface area (Å²) in [6, 6.07) is 12.3. The van der Waals surface area contributed by atoms with Gasteiger partial charge in [0.25, 0.3) is 0 Å². The molecule has 8 nitrogen and oxygen atoms in total. The molecule has 0 aliphatic carbocycles. The van der Waals surface area contributed by atoms with Crippen LogP contribution in [0.4, 0.5) is 5.69 Å². The monoisotopic (exact) mass is 454 g/mol. The molecule has 1 aromatic heterocycles. The highest BCUT2D eigenvalue weighted by Gasteiger charge is 2.14. The number of aromatic carboxylic acids is 1. The molecule has 0 bridgehead atoms. The molecule has 0 fully saturated rings. The van der Waals surface area contributed by atoms with Crippen LogP contribution in [-0.2, 0) is 18.4 Å². The predicted molar refractivity (Wildman–Crippen MR) is 123 cm³/mol. The number of ether oxygens (including phenoxy) is 1. The maximum absolute atomic E-state index is 12.3. The normalized spacial score (nSPS) is 10.9. The van der Waals surface area contributed by atoms with Gasteiger partial charge in [-0.3, -0.25) is 4.79 Å². The van der Waals surface area contributed by atoms with Crippen molar-refractivity contribution in [3.8, 4) is 5.75 Å². The Labute approximate surface area is 191 Å². The van der Waals surface area contributed by atoms with Gasteiger partial charge >= 0.3 is 5.97 Å². The van der Waals surface area contributed by atoms with Crippen LogP contribution in [0.15, 0.2) is 47.6 Å². The number of rotatable bonds is 9. The average Bonchev–Trinajstić information content (AvgIpc) is 3.10. The van der Waals surface area contributed by atoms with E-state index in [9.17, 15) is 9.59 Å². The molecule has 0 spiro atoms. The number of anilines is 1. The standard InChI is InChI=1S/C23H26N4O4S/c1-14(2)18-9-8-15(3)10-19(18)31-12-20-25-26-23(27(20)4)32-13-21(28)24-17-7-5-6-16(11-17)22(29)30/h5-11,14H,12-13H2,1-4H3,(H,24,28)(H,29,30). The summed E-state index contributed by atoms with van der Waals surface area (Å²) in [5, 5.41) is 20.7. The maximum atomic E-state index is 12.3. The Morgan fingerprint density at radius 3 is 2.69 bits per heavy atom. The van der Waals surface area contributed by atoms with Crippen molar-refractivity contribution in [1.29, 1.82) is 0 Å². The Kier molecular flexibility index (Phi) is 7.53. The van der Waals surface area contributed by atoms with E-state index in [-0.39, 0.29) is 23.8 Å². The molecule has 2 aromatic carbocycles. The van der Waals surface area contributed by atoms with Crippen LogP contribution in [0.1, 0.15) is 47.1 Å². The van der Waals surface area contributed by atoms with Crippen molar-refractivity contribution in [1.82, 2.24) is 14.8 Å². The fraction of sp³-hybridized carbons (Fsp3) is 0.304. The highest BCUT2D eigenvalue weighted by molar-refractivity contribution is 7.99. The van der Waals surface area contributed by atoms with Crippen LogP contribution in [0.3, 0.4) is 0 Å². The topological polar surface area (TPSA) is 106 Å². The van der Waals surface area contributed by atoms with E-state index in [4.69, 9.17) is 9.84 Å². The molecule has 0 atom stereocenters. The lowest BCUT2D eigenvalue weighted by Gasteiger charge is -2.14. The number of hydrogen-bond donors (Lipinski definition) is 2. The fourth-order valence-corrected chi connectivity index (χ4v) is 3.77. The molecule has 1 heterocycles. The first-order chi connectivity index (χ1) is 15.2. The number of nitrogens with zero attached hydrogens (tertiary/aromatic N) is 3. The molecule has 0 radical (unpaired) electrons. The van der Waals surface area contributed by atoms with Gasteiger partial charge in [-0.05, 0) is 48.2 Å². The van der Waals surface area contributed by atoms with Gasteiger partial charge in [-0.1, -0.05) is 43.8 Å². The van der Waals surface area contributed by atoms with Crippen LogP contribution in [0, 0.1) is 6.92 Å². The molecule has 1 amide bonds. The number of aryl methyl sites for hydroxylation is 1. The SMILES string of the molecule is Cc1ccc(C(C)C)c(OCc2nnc(SCC(=O)Nc3cccc(C(=O)O)c3)n2C)c1. The Bertz CT molecular complexity index is 1130. The number of carbonyl (C=O) groups is 2. The number of carbonyl (C=O) groups excluding carboxylic acids is 1. The second-order valence-electron chi connectivity index (χ2n) is 7.67. The highest BCUT2D eigenvalue weighted by Crippen LogP contribution is 2.28. The average molecular weight is 455 g/mol. The molecule has 32 heavy (non-hydrogen) atoms. The zero-order valence-corrected chi connectivity index (χ0v) is 19.3. The minimum absolute atomic E-state index is 0.111. The number of amides is 1. The Morgan fingerprint density at radius 2 is 1.97 bits per heavy atom. The second kappa shape index (κ2) is 10.3. The molecular weight excluding hydrogens is 428 g/mol. The molecule has 3 rings (SSSR count). The van der Waals surface area contributed by atoms with Crippen molar-refractivity contribution in [2.45, 2.75) is 38.5 Å². The van der Waals surface area contributed by atoms with Crippen LogP contribution in [0.25, 0.3) is 0 Å². The zero-order valence-electron chi connectivity index (χ0n) is 18.5. The summed E-state index contributed by atoms with van der Waals surface area (Å²) in [5.41, 5.74) is 2.80. The lowest BCUT2D eigenvalue weighted by atomic mass is 10.0. The van der Waals surface area contributed by atoms with Gasteiger partial charge in [0.05, 0.1) is 11.3 Å². The minimum atomic E-state index is -1.05. The van der Waals surface area contributed by atoms with Crippen LogP contribution in [-0.4, -0.2) is 37.5 Å². The van der Waals surface area contributed by atoms with E-state index >= 15 is 0 Å². The van der Waals surface area contributed by atoms with Gasteiger partial charge in [0.2, 0.25) is 5.91 Å². The molecule has 0 aliphatic rings. The third-order valence-electron chi connectivity index (χ3n) is 4.80. The first-order valence-corrected chi connectivity index (χ1v) is 11.1. The van der Waals surface area contributed by atoms with E-state index in [1.54, 1.807) is 16.7 Å². The van der Waals surface area contributed by atoms with Crippen molar-refractivity contribution in [3.05, 3.63) is 65.0 Å². The van der Waals surface area contributed by atoms with Gasteiger partial charge in [0.1, 0.15) is 12.4 Å². The molecular formula is C23H26N4O4S. The number of thioether (sulfide) groups is 1. The van der Waals surface area contributed by atoms with E-state index < -0.39 is 5.97 Å². The van der Waals surface area contributed by atoms with Crippen molar-refractivity contribution in [2.75, 3.05) is 11.1 Å². The van der Waals surface area contributed by atoms with Crippen LogP contribution in [0.5, 0.6) is 5.75 Å². The first kappa shape index (κ1) is 23.3. The Balaban J connectivity index is 1.58.